The molecule has 0 unspecified atom stereocenters. The third-order valence-electron chi connectivity index (χ3n) is 1.60. The van der Waals surface area contributed by atoms with E-state index >= 15 is 0 Å². The molecule has 2 aromatic heterocycles. The molecule has 2 heterocycles. The Labute approximate surface area is 85.5 Å². The van der Waals surface area contributed by atoms with Crippen molar-refractivity contribution in [1.82, 2.24) is 25.2 Å². The molecule has 0 aliphatic rings. The standard InChI is InChI=1S/C8H9N5S/c1-2-14-8-10-11-12-13(8)7-4-3-5-9-6-7/h3-6H,2H2,1H3. The van der Waals surface area contributed by atoms with Gasteiger partial charge in [-0.05, 0) is 28.3 Å². The maximum atomic E-state index is 4.02. The number of pyridine rings is 1. The molecule has 0 spiro atoms. The van der Waals surface area contributed by atoms with E-state index in [2.05, 4.69) is 27.4 Å². The zero-order valence-corrected chi connectivity index (χ0v) is 8.48. The SMILES string of the molecule is CCSc1nnnn1-c1cccnc1. The quantitative estimate of drug-likeness (QED) is 0.707. The first-order valence-electron chi connectivity index (χ1n) is 4.23. The normalized spacial score (nSPS) is 10.4. The fourth-order valence-electron chi connectivity index (χ4n) is 1.04. The predicted molar refractivity (Wildman–Crippen MR) is 53.3 cm³/mol. The first kappa shape index (κ1) is 9.14. The van der Waals surface area contributed by atoms with Gasteiger partial charge in [0.25, 0.3) is 0 Å². The molecule has 0 saturated carbocycles. The lowest BCUT2D eigenvalue weighted by Crippen LogP contribution is -1.99. The van der Waals surface area contributed by atoms with Gasteiger partial charge in [0, 0.05) is 6.20 Å². The highest BCUT2D eigenvalue weighted by molar-refractivity contribution is 7.99. The number of thioether (sulfide) groups is 1. The van der Waals surface area contributed by atoms with Crippen molar-refractivity contribution in [3.63, 3.8) is 0 Å². The maximum absolute atomic E-state index is 4.02. The van der Waals surface area contributed by atoms with E-state index in [0.29, 0.717) is 0 Å². The van der Waals surface area contributed by atoms with E-state index in [-0.39, 0.29) is 0 Å². The van der Waals surface area contributed by atoms with Gasteiger partial charge in [-0.25, -0.2) is 0 Å². The van der Waals surface area contributed by atoms with Crippen molar-refractivity contribution in [2.45, 2.75) is 12.1 Å². The average Bonchev–Trinajstić information content (AvgIpc) is 2.68. The van der Waals surface area contributed by atoms with Crippen LogP contribution < -0.4 is 0 Å². The van der Waals surface area contributed by atoms with Crippen LogP contribution in [0.3, 0.4) is 0 Å². The van der Waals surface area contributed by atoms with Gasteiger partial charge in [0.15, 0.2) is 0 Å². The molecule has 14 heavy (non-hydrogen) atoms. The first-order chi connectivity index (χ1) is 6.92. The monoisotopic (exact) mass is 207 g/mol. The van der Waals surface area contributed by atoms with E-state index in [1.165, 1.54) is 0 Å². The van der Waals surface area contributed by atoms with Crippen molar-refractivity contribution in [2.24, 2.45) is 0 Å². The van der Waals surface area contributed by atoms with Crippen LogP contribution in [0.15, 0.2) is 29.7 Å². The average molecular weight is 207 g/mol. The summed E-state index contributed by atoms with van der Waals surface area (Å²) in [4.78, 5) is 4.02. The van der Waals surface area contributed by atoms with Crippen LogP contribution in [0.2, 0.25) is 0 Å². The van der Waals surface area contributed by atoms with Gasteiger partial charge in [0.1, 0.15) is 0 Å². The van der Waals surface area contributed by atoms with Crippen molar-refractivity contribution >= 4 is 11.8 Å². The van der Waals surface area contributed by atoms with Gasteiger partial charge in [0.05, 0.1) is 11.9 Å². The summed E-state index contributed by atoms with van der Waals surface area (Å²) in [6.07, 6.45) is 3.45. The Kier molecular flexibility index (Phi) is 2.73. The molecular formula is C8H9N5S. The van der Waals surface area contributed by atoms with Crippen molar-refractivity contribution in [2.75, 3.05) is 5.75 Å². The topological polar surface area (TPSA) is 56.5 Å². The molecular weight excluding hydrogens is 198 g/mol. The lowest BCUT2D eigenvalue weighted by molar-refractivity contribution is 0.753. The highest BCUT2D eigenvalue weighted by Gasteiger charge is 2.06. The third kappa shape index (κ3) is 1.74. The minimum atomic E-state index is 0.792. The zero-order valence-electron chi connectivity index (χ0n) is 7.66. The van der Waals surface area contributed by atoms with Gasteiger partial charge in [-0.2, -0.15) is 4.68 Å². The molecule has 0 N–H and O–H groups in total. The summed E-state index contributed by atoms with van der Waals surface area (Å²) < 4.78 is 1.68. The van der Waals surface area contributed by atoms with Gasteiger partial charge in [0.2, 0.25) is 5.16 Å². The van der Waals surface area contributed by atoms with Crippen molar-refractivity contribution in [3.8, 4) is 5.69 Å². The van der Waals surface area contributed by atoms with Crippen LogP contribution in [-0.4, -0.2) is 30.9 Å². The summed E-state index contributed by atoms with van der Waals surface area (Å²) in [5, 5.41) is 12.2. The van der Waals surface area contributed by atoms with E-state index < -0.39 is 0 Å². The fourth-order valence-corrected chi connectivity index (χ4v) is 1.66. The highest BCUT2D eigenvalue weighted by Crippen LogP contribution is 2.16. The van der Waals surface area contributed by atoms with Crippen molar-refractivity contribution in [3.05, 3.63) is 24.5 Å². The van der Waals surface area contributed by atoms with Crippen LogP contribution in [-0.2, 0) is 0 Å². The van der Waals surface area contributed by atoms with Crippen LogP contribution in [0.5, 0.6) is 0 Å². The lowest BCUT2D eigenvalue weighted by Gasteiger charge is -2.00. The smallest absolute Gasteiger partial charge is 0.214 e. The van der Waals surface area contributed by atoms with Gasteiger partial charge >= 0.3 is 0 Å². The predicted octanol–water partition coefficient (Wildman–Crippen LogP) is 1.17. The minimum Gasteiger partial charge on any atom is -0.262 e. The minimum absolute atomic E-state index is 0.792. The van der Waals surface area contributed by atoms with Gasteiger partial charge in [-0.15, -0.1) is 5.10 Å². The Balaban J connectivity index is 2.37. The third-order valence-corrected chi connectivity index (χ3v) is 2.41. The summed E-state index contributed by atoms with van der Waals surface area (Å²) in [6, 6.07) is 3.78. The summed E-state index contributed by atoms with van der Waals surface area (Å²) in [5.41, 5.74) is 0.883. The molecule has 0 aliphatic heterocycles. The first-order valence-corrected chi connectivity index (χ1v) is 5.22. The van der Waals surface area contributed by atoms with E-state index in [9.17, 15) is 0 Å². The Morgan fingerprint density at radius 3 is 3.14 bits per heavy atom. The molecule has 0 radical (unpaired) electrons. The van der Waals surface area contributed by atoms with Gasteiger partial charge in [-0.1, -0.05) is 18.7 Å². The summed E-state index contributed by atoms with van der Waals surface area (Å²) in [5.74, 6) is 0.945. The van der Waals surface area contributed by atoms with Crippen LogP contribution in [0, 0.1) is 0 Å². The van der Waals surface area contributed by atoms with Crippen molar-refractivity contribution in [1.29, 1.82) is 0 Å². The number of tetrazole rings is 1. The van der Waals surface area contributed by atoms with Gasteiger partial charge in [-0.3, -0.25) is 4.98 Å². The largest absolute Gasteiger partial charge is 0.262 e. The molecule has 0 fully saturated rings. The molecule has 0 atom stereocenters. The van der Waals surface area contributed by atoms with Crippen LogP contribution in [0.25, 0.3) is 5.69 Å². The fraction of sp³-hybridized carbons (Fsp3) is 0.250. The number of hydrogen-bond donors (Lipinski definition) is 0. The Bertz CT molecular complexity index is 399. The molecule has 0 bridgehead atoms. The molecule has 0 aliphatic carbocycles. The summed E-state index contributed by atoms with van der Waals surface area (Å²) in [7, 11) is 0. The van der Waals surface area contributed by atoms with E-state index in [4.69, 9.17) is 0 Å². The second-order valence-corrected chi connectivity index (χ2v) is 3.75. The maximum Gasteiger partial charge on any atom is 0.214 e. The second kappa shape index (κ2) is 4.19. The van der Waals surface area contributed by atoms with E-state index in [0.717, 1.165) is 16.6 Å². The van der Waals surface area contributed by atoms with E-state index in [1.54, 1.807) is 28.8 Å². The Morgan fingerprint density at radius 1 is 1.50 bits per heavy atom. The molecule has 6 heteroatoms. The molecule has 0 aromatic carbocycles. The molecule has 2 aromatic rings. The molecule has 2 rings (SSSR count). The Hall–Kier alpha value is -1.43. The number of nitrogens with zero attached hydrogens (tertiary/aromatic N) is 5. The summed E-state index contributed by atoms with van der Waals surface area (Å²) >= 11 is 1.60. The van der Waals surface area contributed by atoms with Gasteiger partial charge < -0.3 is 0 Å². The molecule has 0 amide bonds. The molecule has 0 saturated heterocycles. The Morgan fingerprint density at radius 2 is 2.43 bits per heavy atom. The molecule has 5 nitrogen and oxygen atoms in total. The van der Waals surface area contributed by atoms with E-state index in [1.807, 2.05) is 12.1 Å². The number of hydrogen-bond acceptors (Lipinski definition) is 5. The lowest BCUT2D eigenvalue weighted by atomic mass is 10.4. The molecule has 72 valence electrons. The highest BCUT2D eigenvalue weighted by atomic mass is 32.2. The second-order valence-electron chi connectivity index (χ2n) is 2.52. The van der Waals surface area contributed by atoms with Crippen LogP contribution in [0.1, 0.15) is 6.92 Å². The number of rotatable bonds is 3. The van der Waals surface area contributed by atoms with Crippen molar-refractivity contribution < 1.29 is 0 Å². The van der Waals surface area contributed by atoms with Crippen LogP contribution in [0.4, 0.5) is 0 Å². The summed E-state index contributed by atoms with van der Waals surface area (Å²) in [6.45, 7) is 2.06. The van der Waals surface area contributed by atoms with Crippen LogP contribution >= 0.6 is 11.8 Å². The zero-order chi connectivity index (χ0) is 9.80. The number of aromatic nitrogens is 5.